The first-order valence-corrected chi connectivity index (χ1v) is 6.85. The highest BCUT2D eigenvalue weighted by Crippen LogP contribution is 2.33. The standard InChI is InChI=1S/C15H16BrNO2/c1-3-18-12-7-11(17)8-13(9-12)19-15-5-4-10(2)6-14(15)16/h4-9H,3,17H2,1-2H3. The first-order chi connectivity index (χ1) is 9.08. The summed E-state index contributed by atoms with van der Waals surface area (Å²) in [6, 6.07) is 11.3. The molecule has 0 spiro atoms. The van der Waals surface area contributed by atoms with E-state index < -0.39 is 0 Å². The zero-order valence-corrected chi connectivity index (χ0v) is 12.5. The number of hydrogen-bond donors (Lipinski definition) is 1. The fourth-order valence-electron chi connectivity index (χ4n) is 1.72. The number of ether oxygens (including phenoxy) is 2. The van der Waals surface area contributed by atoms with Crippen LogP contribution in [0.2, 0.25) is 0 Å². The Kier molecular flexibility index (Phi) is 4.32. The Balaban J connectivity index is 2.27. The summed E-state index contributed by atoms with van der Waals surface area (Å²) in [5.74, 6) is 2.12. The van der Waals surface area contributed by atoms with Crippen LogP contribution in [0.15, 0.2) is 40.9 Å². The van der Waals surface area contributed by atoms with Gasteiger partial charge in [0, 0.05) is 23.9 Å². The Hall–Kier alpha value is -1.68. The van der Waals surface area contributed by atoms with Crippen molar-refractivity contribution < 1.29 is 9.47 Å². The fourth-order valence-corrected chi connectivity index (χ4v) is 2.29. The molecule has 0 amide bonds. The molecule has 4 heteroatoms. The molecule has 0 aromatic heterocycles. The predicted molar refractivity (Wildman–Crippen MR) is 81.0 cm³/mol. The van der Waals surface area contributed by atoms with Crippen LogP contribution in [-0.4, -0.2) is 6.61 Å². The van der Waals surface area contributed by atoms with Gasteiger partial charge in [-0.15, -0.1) is 0 Å². The molecule has 2 aromatic carbocycles. The first-order valence-electron chi connectivity index (χ1n) is 6.06. The summed E-state index contributed by atoms with van der Waals surface area (Å²) in [6.07, 6.45) is 0. The lowest BCUT2D eigenvalue weighted by atomic mass is 10.2. The largest absolute Gasteiger partial charge is 0.494 e. The minimum atomic E-state index is 0.594. The monoisotopic (exact) mass is 321 g/mol. The molecule has 3 nitrogen and oxygen atoms in total. The Bertz CT molecular complexity index is 584. The van der Waals surface area contributed by atoms with Crippen LogP contribution in [-0.2, 0) is 0 Å². The molecule has 0 heterocycles. The number of nitrogen functional groups attached to an aromatic ring is 1. The van der Waals surface area contributed by atoms with E-state index in [2.05, 4.69) is 15.9 Å². The minimum absolute atomic E-state index is 0.594. The number of halogens is 1. The summed E-state index contributed by atoms with van der Waals surface area (Å²) in [6.45, 7) is 4.56. The first kappa shape index (κ1) is 13.7. The zero-order valence-electron chi connectivity index (χ0n) is 10.9. The molecule has 0 atom stereocenters. The molecule has 0 bridgehead atoms. The molecule has 0 saturated carbocycles. The maximum Gasteiger partial charge on any atom is 0.141 e. The summed E-state index contributed by atoms with van der Waals surface area (Å²) >= 11 is 3.48. The van der Waals surface area contributed by atoms with Crippen LogP contribution in [0.25, 0.3) is 0 Å². The van der Waals surface area contributed by atoms with E-state index in [1.807, 2.05) is 38.1 Å². The Morgan fingerprint density at radius 2 is 1.84 bits per heavy atom. The van der Waals surface area contributed by atoms with Crippen LogP contribution >= 0.6 is 15.9 Å². The van der Waals surface area contributed by atoms with E-state index in [0.717, 1.165) is 10.2 Å². The van der Waals surface area contributed by atoms with Crippen LogP contribution in [0, 0.1) is 6.92 Å². The highest BCUT2D eigenvalue weighted by Gasteiger charge is 2.05. The van der Waals surface area contributed by atoms with Crippen LogP contribution in [0.3, 0.4) is 0 Å². The van der Waals surface area contributed by atoms with Gasteiger partial charge in [0.15, 0.2) is 0 Å². The summed E-state index contributed by atoms with van der Waals surface area (Å²) in [5, 5.41) is 0. The molecule has 0 radical (unpaired) electrons. The fraction of sp³-hybridized carbons (Fsp3) is 0.200. The van der Waals surface area contributed by atoms with Gasteiger partial charge in [0.25, 0.3) is 0 Å². The Morgan fingerprint density at radius 1 is 1.11 bits per heavy atom. The third kappa shape index (κ3) is 3.64. The number of nitrogens with two attached hydrogens (primary N) is 1. The maximum absolute atomic E-state index is 5.83. The minimum Gasteiger partial charge on any atom is -0.494 e. The van der Waals surface area contributed by atoms with Crippen molar-refractivity contribution in [3.8, 4) is 17.2 Å². The summed E-state index contributed by atoms with van der Waals surface area (Å²) in [5.41, 5.74) is 7.62. The summed E-state index contributed by atoms with van der Waals surface area (Å²) in [7, 11) is 0. The summed E-state index contributed by atoms with van der Waals surface area (Å²) < 4.78 is 12.2. The molecule has 0 unspecified atom stereocenters. The van der Waals surface area contributed by atoms with Crippen LogP contribution in [0.1, 0.15) is 12.5 Å². The van der Waals surface area contributed by atoms with Gasteiger partial charge in [-0.25, -0.2) is 0 Å². The molecule has 0 aliphatic rings. The van der Waals surface area contributed by atoms with Crippen LogP contribution in [0.5, 0.6) is 17.2 Å². The van der Waals surface area contributed by atoms with Crippen LogP contribution < -0.4 is 15.2 Å². The molecule has 2 aromatic rings. The number of aryl methyl sites for hydroxylation is 1. The van der Waals surface area contributed by atoms with Crippen molar-refractivity contribution in [1.82, 2.24) is 0 Å². The predicted octanol–water partition coefficient (Wildman–Crippen LogP) is 4.53. The van der Waals surface area contributed by atoms with Gasteiger partial charge in [0.05, 0.1) is 11.1 Å². The number of benzene rings is 2. The Labute approximate surface area is 121 Å². The maximum atomic E-state index is 5.83. The molecule has 19 heavy (non-hydrogen) atoms. The molecular formula is C15H16BrNO2. The van der Waals surface area contributed by atoms with Gasteiger partial charge in [-0.3, -0.25) is 0 Å². The molecular weight excluding hydrogens is 306 g/mol. The smallest absolute Gasteiger partial charge is 0.141 e. The molecule has 0 aliphatic heterocycles. The lowest BCUT2D eigenvalue weighted by molar-refractivity contribution is 0.338. The highest BCUT2D eigenvalue weighted by molar-refractivity contribution is 9.10. The lowest BCUT2D eigenvalue weighted by Crippen LogP contribution is -1.95. The average Bonchev–Trinajstić information content (AvgIpc) is 2.32. The summed E-state index contributed by atoms with van der Waals surface area (Å²) in [4.78, 5) is 0. The molecule has 0 aliphatic carbocycles. The van der Waals surface area contributed by atoms with Gasteiger partial charge in [-0.2, -0.15) is 0 Å². The van der Waals surface area contributed by atoms with Crippen LogP contribution in [0.4, 0.5) is 5.69 Å². The van der Waals surface area contributed by atoms with E-state index in [9.17, 15) is 0 Å². The van der Waals surface area contributed by atoms with E-state index >= 15 is 0 Å². The van der Waals surface area contributed by atoms with Crippen molar-refractivity contribution >= 4 is 21.6 Å². The van der Waals surface area contributed by atoms with E-state index in [0.29, 0.717) is 23.8 Å². The number of hydrogen-bond acceptors (Lipinski definition) is 3. The van der Waals surface area contributed by atoms with E-state index in [-0.39, 0.29) is 0 Å². The Morgan fingerprint density at radius 3 is 2.53 bits per heavy atom. The van der Waals surface area contributed by atoms with Crippen molar-refractivity contribution in [3.63, 3.8) is 0 Å². The van der Waals surface area contributed by atoms with E-state index in [1.54, 1.807) is 12.1 Å². The SMILES string of the molecule is CCOc1cc(N)cc(Oc2ccc(C)cc2Br)c1. The number of anilines is 1. The van der Waals surface area contributed by atoms with Crippen molar-refractivity contribution in [2.45, 2.75) is 13.8 Å². The van der Waals surface area contributed by atoms with E-state index in [1.165, 1.54) is 5.56 Å². The quantitative estimate of drug-likeness (QED) is 0.841. The van der Waals surface area contributed by atoms with Gasteiger partial charge < -0.3 is 15.2 Å². The lowest BCUT2D eigenvalue weighted by Gasteiger charge is -2.11. The molecule has 2 N–H and O–H groups in total. The zero-order chi connectivity index (χ0) is 13.8. The van der Waals surface area contributed by atoms with Gasteiger partial charge in [-0.05, 0) is 47.5 Å². The van der Waals surface area contributed by atoms with Crippen molar-refractivity contribution in [1.29, 1.82) is 0 Å². The molecule has 2 rings (SSSR count). The second-order valence-electron chi connectivity index (χ2n) is 4.21. The molecule has 0 saturated heterocycles. The molecule has 100 valence electrons. The van der Waals surface area contributed by atoms with Crippen molar-refractivity contribution in [3.05, 3.63) is 46.4 Å². The third-order valence-corrected chi connectivity index (χ3v) is 3.15. The average molecular weight is 322 g/mol. The van der Waals surface area contributed by atoms with Crippen molar-refractivity contribution in [2.75, 3.05) is 12.3 Å². The van der Waals surface area contributed by atoms with Crippen molar-refractivity contribution in [2.24, 2.45) is 0 Å². The number of rotatable bonds is 4. The molecule has 0 fully saturated rings. The highest BCUT2D eigenvalue weighted by atomic mass is 79.9. The van der Waals surface area contributed by atoms with Gasteiger partial charge in [-0.1, -0.05) is 6.07 Å². The van der Waals surface area contributed by atoms with E-state index in [4.69, 9.17) is 15.2 Å². The normalized spacial score (nSPS) is 10.3. The van der Waals surface area contributed by atoms with Gasteiger partial charge in [0.2, 0.25) is 0 Å². The van der Waals surface area contributed by atoms with Gasteiger partial charge >= 0.3 is 0 Å². The van der Waals surface area contributed by atoms with Gasteiger partial charge in [0.1, 0.15) is 17.2 Å². The topological polar surface area (TPSA) is 44.5 Å². The second kappa shape index (κ2) is 5.97. The second-order valence-corrected chi connectivity index (χ2v) is 5.06. The third-order valence-electron chi connectivity index (χ3n) is 2.53.